The fourth-order valence-electron chi connectivity index (χ4n) is 4.32. The Kier molecular flexibility index (Phi) is 2.78. The lowest BCUT2D eigenvalue weighted by molar-refractivity contribution is 0.335. The van der Waals surface area contributed by atoms with Crippen molar-refractivity contribution in [2.45, 2.75) is 37.6 Å². The van der Waals surface area contributed by atoms with Gasteiger partial charge in [0.2, 0.25) is 0 Å². The van der Waals surface area contributed by atoms with Gasteiger partial charge in [0.25, 0.3) is 0 Å². The van der Waals surface area contributed by atoms with Crippen LogP contribution in [0.25, 0.3) is 0 Å². The van der Waals surface area contributed by atoms with E-state index in [0.29, 0.717) is 5.92 Å². The van der Waals surface area contributed by atoms with Gasteiger partial charge < -0.3 is 9.80 Å². The van der Waals surface area contributed by atoms with Crippen LogP contribution in [-0.2, 0) is 6.42 Å². The van der Waals surface area contributed by atoms with Gasteiger partial charge in [0.15, 0.2) is 0 Å². The van der Waals surface area contributed by atoms with Gasteiger partial charge in [0.1, 0.15) is 0 Å². The molecule has 4 rings (SSSR count). The molecule has 2 aliphatic heterocycles. The van der Waals surface area contributed by atoms with Crippen LogP contribution in [0.5, 0.6) is 0 Å². The van der Waals surface area contributed by atoms with Gasteiger partial charge in [-0.25, -0.2) is 0 Å². The summed E-state index contributed by atoms with van der Waals surface area (Å²) in [7, 11) is 2.24. The van der Waals surface area contributed by atoms with E-state index in [4.69, 9.17) is 11.6 Å². The Morgan fingerprint density at radius 3 is 2.95 bits per heavy atom. The Bertz CT molecular complexity index is 514. The molecule has 0 saturated heterocycles. The van der Waals surface area contributed by atoms with E-state index >= 15 is 0 Å². The number of anilines is 1. The summed E-state index contributed by atoms with van der Waals surface area (Å²) in [5.74, 6) is 0.700. The lowest BCUT2D eigenvalue weighted by Crippen LogP contribution is -2.40. The molecule has 1 aromatic carbocycles. The Morgan fingerprint density at radius 1 is 1.16 bits per heavy atom. The van der Waals surface area contributed by atoms with Crippen LogP contribution in [0.1, 0.15) is 36.3 Å². The van der Waals surface area contributed by atoms with E-state index < -0.39 is 0 Å². The minimum Gasteiger partial charge on any atom is -0.366 e. The second-order valence-electron chi connectivity index (χ2n) is 6.32. The van der Waals surface area contributed by atoms with E-state index in [1.807, 2.05) is 0 Å². The molecule has 0 aromatic heterocycles. The van der Waals surface area contributed by atoms with Crippen LogP contribution in [0.3, 0.4) is 0 Å². The molecule has 2 nitrogen and oxygen atoms in total. The van der Waals surface area contributed by atoms with Gasteiger partial charge in [0, 0.05) is 42.3 Å². The predicted octanol–water partition coefficient (Wildman–Crippen LogP) is 3.28. The highest BCUT2D eigenvalue weighted by molar-refractivity contribution is 6.32. The molecule has 3 aliphatic rings. The van der Waals surface area contributed by atoms with Crippen molar-refractivity contribution in [2.24, 2.45) is 0 Å². The summed E-state index contributed by atoms with van der Waals surface area (Å²) in [5, 5.41) is 1.01. The zero-order valence-electron chi connectivity index (χ0n) is 11.5. The van der Waals surface area contributed by atoms with E-state index in [2.05, 4.69) is 29.0 Å². The minimum absolute atomic E-state index is 0.700. The van der Waals surface area contributed by atoms with Crippen molar-refractivity contribution >= 4 is 17.3 Å². The molecule has 19 heavy (non-hydrogen) atoms. The summed E-state index contributed by atoms with van der Waals surface area (Å²) >= 11 is 6.54. The molecule has 0 spiro atoms. The van der Waals surface area contributed by atoms with Crippen LogP contribution < -0.4 is 4.90 Å². The molecule has 1 aromatic rings. The lowest BCUT2D eigenvalue weighted by atomic mass is 9.95. The Hall–Kier alpha value is -0.730. The smallest absolute Gasteiger partial charge is 0.0462 e. The van der Waals surface area contributed by atoms with Crippen LogP contribution >= 0.6 is 11.6 Å². The van der Waals surface area contributed by atoms with Gasteiger partial charge in [0.05, 0.1) is 0 Å². The van der Waals surface area contributed by atoms with Crippen molar-refractivity contribution in [3.63, 3.8) is 0 Å². The fourth-order valence-corrected chi connectivity index (χ4v) is 4.61. The average Bonchev–Trinajstić information content (AvgIpc) is 2.94. The Balaban J connectivity index is 1.87. The first-order chi connectivity index (χ1) is 9.25. The number of benzene rings is 1. The van der Waals surface area contributed by atoms with Crippen molar-refractivity contribution in [3.8, 4) is 0 Å². The maximum absolute atomic E-state index is 6.54. The zero-order chi connectivity index (χ0) is 13.0. The van der Waals surface area contributed by atoms with Gasteiger partial charge >= 0.3 is 0 Å². The van der Waals surface area contributed by atoms with E-state index in [0.717, 1.165) is 30.6 Å². The van der Waals surface area contributed by atoms with E-state index in [1.165, 1.54) is 42.6 Å². The molecular weight excluding hydrogens is 256 g/mol. The van der Waals surface area contributed by atoms with Gasteiger partial charge in [-0.1, -0.05) is 24.1 Å². The number of likely N-dealkylation sites (N-methyl/N-ethyl adjacent to an activating group) is 1. The van der Waals surface area contributed by atoms with Crippen LogP contribution in [0, 0.1) is 0 Å². The second kappa shape index (κ2) is 4.39. The molecule has 102 valence electrons. The number of halogens is 1. The summed E-state index contributed by atoms with van der Waals surface area (Å²) in [6, 6.07) is 5.12. The molecule has 1 aliphatic carbocycles. The molecule has 2 unspecified atom stereocenters. The van der Waals surface area contributed by atoms with Crippen molar-refractivity contribution in [1.29, 1.82) is 0 Å². The predicted molar refractivity (Wildman–Crippen MR) is 80.4 cm³/mol. The summed E-state index contributed by atoms with van der Waals surface area (Å²) in [6.07, 6.45) is 5.19. The Morgan fingerprint density at radius 2 is 2.05 bits per heavy atom. The summed E-state index contributed by atoms with van der Waals surface area (Å²) in [5.41, 5.74) is 4.50. The van der Waals surface area contributed by atoms with Crippen LogP contribution in [-0.4, -0.2) is 37.6 Å². The second-order valence-corrected chi connectivity index (χ2v) is 6.73. The number of fused-ring (bicyclic) bond motifs is 3. The highest BCUT2D eigenvalue weighted by atomic mass is 35.5. The fraction of sp³-hybridized carbons (Fsp3) is 0.625. The Labute approximate surface area is 120 Å². The molecule has 1 saturated carbocycles. The van der Waals surface area contributed by atoms with Crippen molar-refractivity contribution in [1.82, 2.24) is 4.90 Å². The van der Waals surface area contributed by atoms with Crippen molar-refractivity contribution in [2.75, 3.05) is 31.6 Å². The first-order valence-corrected chi connectivity index (χ1v) is 7.90. The summed E-state index contributed by atoms with van der Waals surface area (Å²) in [6.45, 7) is 3.50. The largest absolute Gasteiger partial charge is 0.366 e. The summed E-state index contributed by atoms with van der Waals surface area (Å²) in [4.78, 5) is 5.14. The zero-order valence-corrected chi connectivity index (χ0v) is 12.3. The van der Waals surface area contributed by atoms with Crippen LogP contribution in [0.15, 0.2) is 12.1 Å². The minimum atomic E-state index is 0.700. The third-order valence-corrected chi connectivity index (χ3v) is 5.60. The highest BCUT2D eigenvalue weighted by Gasteiger charge is 2.43. The first-order valence-electron chi connectivity index (χ1n) is 7.52. The number of rotatable bonds is 0. The van der Waals surface area contributed by atoms with Gasteiger partial charge in [-0.05, 0) is 43.5 Å². The van der Waals surface area contributed by atoms with E-state index in [1.54, 1.807) is 0 Å². The van der Waals surface area contributed by atoms with Crippen LogP contribution in [0.2, 0.25) is 5.02 Å². The van der Waals surface area contributed by atoms with Crippen molar-refractivity contribution < 1.29 is 0 Å². The topological polar surface area (TPSA) is 6.48 Å². The van der Waals surface area contributed by atoms with Gasteiger partial charge in [-0.3, -0.25) is 0 Å². The molecule has 0 radical (unpaired) electrons. The van der Waals surface area contributed by atoms with Crippen molar-refractivity contribution in [3.05, 3.63) is 28.3 Å². The quantitative estimate of drug-likeness (QED) is 0.717. The van der Waals surface area contributed by atoms with Gasteiger partial charge in [-0.2, -0.15) is 0 Å². The monoisotopic (exact) mass is 276 g/mol. The van der Waals surface area contributed by atoms with Crippen LogP contribution in [0.4, 0.5) is 5.69 Å². The molecule has 3 heteroatoms. The third-order valence-electron chi connectivity index (χ3n) is 5.27. The maximum atomic E-state index is 6.54. The number of hydrogen-bond acceptors (Lipinski definition) is 2. The maximum Gasteiger partial charge on any atom is 0.0462 e. The highest BCUT2D eigenvalue weighted by Crippen LogP contribution is 2.53. The lowest BCUT2D eigenvalue weighted by Gasteiger charge is -2.33. The molecule has 1 fully saturated rings. The molecule has 2 atom stereocenters. The molecule has 2 heterocycles. The molecule has 0 amide bonds. The van der Waals surface area contributed by atoms with Gasteiger partial charge in [-0.15, -0.1) is 0 Å². The first kappa shape index (κ1) is 12.0. The average molecular weight is 277 g/mol. The van der Waals surface area contributed by atoms with E-state index in [-0.39, 0.29) is 0 Å². The summed E-state index contributed by atoms with van der Waals surface area (Å²) < 4.78 is 0. The number of nitrogens with zero attached hydrogens (tertiary/aromatic N) is 2. The third kappa shape index (κ3) is 1.73. The van der Waals surface area contributed by atoms with E-state index in [9.17, 15) is 0 Å². The normalized spacial score (nSPS) is 29.9. The molecule has 0 N–H and O–H groups in total. The molecule has 0 bridgehead atoms. The SMILES string of the molecule is CN1CCc2ccc(Cl)c3c2N(CC1)C1CCCC31. The standard InChI is InChI=1S/C16H21ClN2/c1-18-8-7-11-5-6-13(17)15-12-3-2-4-14(12)19(10-9-18)16(11)15/h5-6,12,14H,2-4,7-10H2,1H3. The molecular formula is C16H21ClN2. The number of hydrogen-bond donors (Lipinski definition) is 0.